The van der Waals surface area contributed by atoms with Gasteiger partial charge in [0.05, 0.1) is 10.6 Å². The van der Waals surface area contributed by atoms with Crippen molar-refractivity contribution in [1.29, 1.82) is 0 Å². The number of amides is 2. The topological polar surface area (TPSA) is 108 Å². The van der Waals surface area contributed by atoms with E-state index in [1.807, 2.05) is 19.9 Å². The van der Waals surface area contributed by atoms with E-state index in [1.165, 1.54) is 36.5 Å². The van der Waals surface area contributed by atoms with Crippen molar-refractivity contribution >= 4 is 50.6 Å². The van der Waals surface area contributed by atoms with E-state index in [9.17, 15) is 18.0 Å². The molecule has 33 heavy (non-hydrogen) atoms. The second-order valence-corrected chi connectivity index (χ2v) is 9.51. The molecule has 0 spiro atoms. The molecule has 10 heteroatoms. The van der Waals surface area contributed by atoms with Gasteiger partial charge in [-0.15, -0.1) is 0 Å². The molecule has 0 aliphatic carbocycles. The summed E-state index contributed by atoms with van der Waals surface area (Å²) >= 11 is 6.18. The van der Waals surface area contributed by atoms with Crippen LogP contribution in [-0.4, -0.2) is 25.2 Å². The molecule has 4 rings (SSSR count). The van der Waals surface area contributed by atoms with E-state index < -0.39 is 21.8 Å². The number of benzene rings is 2. The van der Waals surface area contributed by atoms with Crippen LogP contribution >= 0.6 is 11.6 Å². The molecule has 0 atom stereocenters. The number of hydrogen-bond acceptors (Lipinski definition) is 6. The number of aromatic nitrogens is 1. The molecule has 2 heterocycles. The third-order valence-electron chi connectivity index (χ3n) is 4.83. The van der Waals surface area contributed by atoms with E-state index in [1.54, 1.807) is 24.3 Å². The number of aryl methyl sites for hydroxylation is 2. The largest absolute Gasteiger partial charge is 0.350 e. The maximum Gasteiger partial charge on any atom is 0.283 e. The standard InChI is InChI=1S/C23H19ClN4O4S/c1-14-11-15(2)13-17(12-14)28-22(29)20(24)21(23(28)30)26-16-6-8-18(9-7-16)33(31,32)27-19-5-3-4-10-25-19/h3-13,26H,1-2H3,(H,25,27). The summed E-state index contributed by atoms with van der Waals surface area (Å²) in [6, 6.07) is 15.9. The van der Waals surface area contributed by atoms with Crippen LogP contribution in [-0.2, 0) is 19.6 Å². The lowest BCUT2D eigenvalue weighted by molar-refractivity contribution is -0.120. The van der Waals surface area contributed by atoms with Crippen LogP contribution in [0.3, 0.4) is 0 Å². The van der Waals surface area contributed by atoms with Gasteiger partial charge in [-0.2, -0.15) is 0 Å². The number of pyridine rings is 1. The number of anilines is 3. The molecule has 0 unspecified atom stereocenters. The van der Waals surface area contributed by atoms with Crippen LogP contribution in [0.15, 0.2) is 82.5 Å². The highest BCUT2D eigenvalue weighted by Gasteiger charge is 2.39. The van der Waals surface area contributed by atoms with Gasteiger partial charge in [-0.05, 0) is 73.5 Å². The Morgan fingerprint density at radius 1 is 0.909 bits per heavy atom. The highest BCUT2D eigenvalue weighted by atomic mass is 35.5. The first kappa shape index (κ1) is 22.5. The zero-order chi connectivity index (χ0) is 23.8. The number of carbonyl (C=O) groups is 2. The van der Waals surface area contributed by atoms with Gasteiger partial charge in [-0.25, -0.2) is 18.3 Å². The van der Waals surface area contributed by atoms with Crippen molar-refractivity contribution in [2.45, 2.75) is 18.7 Å². The molecular weight excluding hydrogens is 464 g/mol. The predicted octanol–water partition coefficient (Wildman–Crippen LogP) is 3.93. The Balaban J connectivity index is 1.54. The Kier molecular flexibility index (Phi) is 5.92. The van der Waals surface area contributed by atoms with Gasteiger partial charge in [0.1, 0.15) is 16.5 Å². The van der Waals surface area contributed by atoms with Crippen LogP contribution in [0.5, 0.6) is 0 Å². The summed E-state index contributed by atoms with van der Waals surface area (Å²) in [5.41, 5.74) is 2.55. The Morgan fingerprint density at radius 2 is 1.58 bits per heavy atom. The minimum atomic E-state index is -3.85. The number of nitrogens with zero attached hydrogens (tertiary/aromatic N) is 2. The number of carbonyl (C=O) groups excluding carboxylic acids is 2. The van der Waals surface area contributed by atoms with Gasteiger partial charge in [0.2, 0.25) is 0 Å². The summed E-state index contributed by atoms with van der Waals surface area (Å²) in [6.45, 7) is 3.74. The first-order chi connectivity index (χ1) is 15.7. The molecule has 3 aromatic rings. The fourth-order valence-electron chi connectivity index (χ4n) is 3.41. The van der Waals surface area contributed by atoms with E-state index in [-0.39, 0.29) is 21.4 Å². The SMILES string of the molecule is Cc1cc(C)cc(N2C(=O)C(Cl)=C(Nc3ccc(S(=O)(=O)Nc4ccccn4)cc3)C2=O)c1. The van der Waals surface area contributed by atoms with Crippen LogP contribution < -0.4 is 14.9 Å². The minimum Gasteiger partial charge on any atom is -0.350 e. The zero-order valence-corrected chi connectivity index (χ0v) is 19.2. The molecule has 1 aliphatic rings. The van der Waals surface area contributed by atoms with Crippen LogP contribution in [0.4, 0.5) is 17.2 Å². The van der Waals surface area contributed by atoms with Crippen molar-refractivity contribution in [1.82, 2.24) is 4.98 Å². The van der Waals surface area contributed by atoms with Crippen LogP contribution in [0.2, 0.25) is 0 Å². The average Bonchev–Trinajstić information content (AvgIpc) is 2.97. The van der Waals surface area contributed by atoms with Gasteiger partial charge in [-0.3, -0.25) is 14.3 Å². The fourth-order valence-corrected chi connectivity index (χ4v) is 4.63. The molecule has 0 saturated carbocycles. The summed E-state index contributed by atoms with van der Waals surface area (Å²) in [5.74, 6) is -1.03. The summed E-state index contributed by atoms with van der Waals surface area (Å²) in [7, 11) is -3.85. The summed E-state index contributed by atoms with van der Waals surface area (Å²) in [4.78, 5) is 30.6. The maximum atomic E-state index is 13.0. The van der Waals surface area contributed by atoms with Crippen LogP contribution in [0, 0.1) is 13.8 Å². The maximum absolute atomic E-state index is 13.0. The van der Waals surface area contributed by atoms with Crippen LogP contribution in [0.1, 0.15) is 11.1 Å². The summed E-state index contributed by atoms with van der Waals surface area (Å²) in [6.07, 6.45) is 1.48. The first-order valence-corrected chi connectivity index (χ1v) is 11.7. The number of sulfonamides is 1. The van der Waals surface area contributed by atoms with E-state index in [4.69, 9.17) is 11.6 Å². The molecule has 0 bridgehead atoms. The Hall–Kier alpha value is -3.69. The smallest absolute Gasteiger partial charge is 0.283 e. The predicted molar refractivity (Wildman–Crippen MR) is 126 cm³/mol. The molecule has 0 radical (unpaired) electrons. The van der Waals surface area contributed by atoms with E-state index in [0.717, 1.165) is 16.0 Å². The van der Waals surface area contributed by atoms with Gasteiger partial charge in [0.25, 0.3) is 21.8 Å². The highest BCUT2D eigenvalue weighted by Crippen LogP contribution is 2.31. The Bertz CT molecular complexity index is 1370. The second kappa shape index (κ2) is 8.68. The van der Waals surface area contributed by atoms with Gasteiger partial charge in [0, 0.05) is 11.9 Å². The van der Waals surface area contributed by atoms with E-state index >= 15 is 0 Å². The van der Waals surface area contributed by atoms with Gasteiger partial charge < -0.3 is 5.32 Å². The molecule has 2 N–H and O–H groups in total. The first-order valence-electron chi connectivity index (χ1n) is 9.83. The normalized spacial score (nSPS) is 14.1. The van der Waals surface area contributed by atoms with Gasteiger partial charge in [-0.1, -0.05) is 23.7 Å². The number of imide groups is 1. The zero-order valence-electron chi connectivity index (χ0n) is 17.7. The molecule has 168 valence electrons. The lowest BCUT2D eigenvalue weighted by Crippen LogP contribution is -2.32. The fraction of sp³-hybridized carbons (Fsp3) is 0.0870. The third-order valence-corrected chi connectivity index (χ3v) is 6.55. The molecule has 1 aliphatic heterocycles. The van der Waals surface area contributed by atoms with Crippen molar-refractivity contribution in [3.63, 3.8) is 0 Å². The molecule has 2 aromatic carbocycles. The van der Waals surface area contributed by atoms with Crippen LogP contribution in [0.25, 0.3) is 0 Å². The molecule has 0 fully saturated rings. The number of halogens is 1. The highest BCUT2D eigenvalue weighted by molar-refractivity contribution is 7.92. The average molecular weight is 483 g/mol. The van der Waals surface area contributed by atoms with Crippen molar-refractivity contribution in [3.05, 3.63) is 88.7 Å². The third kappa shape index (κ3) is 4.59. The number of nitrogens with one attached hydrogen (secondary N) is 2. The minimum absolute atomic E-state index is 0.00414. The second-order valence-electron chi connectivity index (χ2n) is 7.45. The Morgan fingerprint density at radius 3 is 2.18 bits per heavy atom. The van der Waals surface area contributed by atoms with Crippen molar-refractivity contribution in [3.8, 4) is 0 Å². The summed E-state index contributed by atoms with van der Waals surface area (Å²) in [5, 5.41) is 2.59. The molecule has 8 nitrogen and oxygen atoms in total. The molecule has 0 saturated heterocycles. The van der Waals surface area contributed by atoms with Crippen molar-refractivity contribution in [2.75, 3.05) is 14.9 Å². The number of rotatable bonds is 6. The number of hydrogen-bond donors (Lipinski definition) is 2. The van der Waals surface area contributed by atoms with Crippen molar-refractivity contribution in [2.24, 2.45) is 0 Å². The van der Waals surface area contributed by atoms with Crippen molar-refractivity contribution < 1.29 is 18.0 Å². The van der Waals surface area contributed by atoms with Gasteiger partial charge in [0.15, 0.2) is 0 Å². The van der Waals surface area contributed by atoms with Gasteiger partial charge >= 0.3 is 0 Å². The van der Waals surface area contributed by atoms with E-state index in [2.05, 4.69) is 15.0 Å². The monoisotopic (exact) mass is 482 g/mol. The Labute approximate surface area is 196 Å². The summed E-state index contributed by atoms with van der Waals surface area (Å²) < 4.78 is 27.5. The lowest BCUT2D eigenvalue weighted by atomic mass is 10.1. The molecular formula is C23H19ClN4O4S. The quantitative estimate of drug-likeness (QED) is 0.515. The molecule has 2 amide bonds. The molecule has 1 aromatic heterocycles. The lowest BCUT2D eigenvalue weighted by Gasteiger charge is -2.16. The van der Waals surface area contributed by atoms with E-state index in [0.29, 0.717) is 11.4 Å².